The van der Waals surface area contributed by atoms with E-state index >= 15 is 0 Å². The summed E-state index contributed by atoms with van der Waals surface area (Å²) in [5, 5.41) is 5.04. The molecule has 1 aliphatic heterocycles. The Bertz CT molecular complexity index is 623. The Balaban J connectivity index is 2.09. The Hall–Kier alpha value is -1.84. The molecule has 0 spiro atoms. The fraction of sp³-hybridized carbons (Fsp3) is 0.364. The second kappa shape index (κ2) is 5.27. The molecule has 1 saturated heterocycles. The maximum Gasteiger partial charge on any atom is 0.277 e. The van der Waals surface area contributed by atoms with E-state index in [4.69, 9.17) is 16.6 Å². The molecule has 0 bridgehead atoms. The first-order chi connectivity index (χ1) is 9.29. The van der Waals surface area contributed by atoms with Gasteiger partial charge in [0.2, 0.25) is 0 Å². The number of carbonyl (C=O) groups is 1. The lowest BCUT2D eigenvalue weighted by molar-refractivity contribution is 0.0699. The fourth-order valence-corrected chi connectivity index (χ4v) is 2.76. The van der Waals surface area contributed by atoms with Crippen molar-refractivity contribution in [3.63, 3.8) is 0 Å². The Kier molecular flexibility index (Phi) is 3.84. The molecule has 0 unspecified atom stereocenters. The number of nitrogens with two attached hydrogens (primary N) is 3. The van der Waals surface area contributed by atoms with Crippen LogP contribution in [0.15, 0.2) is 18.2 Å². The lowest BCUT2D eigenvalue weighted by Crippen LogP contribution is -2.52. The Morgan fingerprint density at radius 1 is 1.10 bits per heavy atom. The molecule has 1 aromatic rings. The van der Waals surface area contributed by atoms with Crippen LogP contribution in [0.1, 0.15) is 10.4 Å². The number of carbonyl (C=O) groups excluding carboxylic acids is 1. The zero-order chi connectivity index (χ0) is 14.9. The van der Waals surface area contributed by atoms with Gasteiger partial charge in [-0.25, -0.2) is 5.14 Å². The van der Waals surface area contributed by atoms with Crippen LogP contribution in [0.4, 0.5) is 11.4 Å². The van der Waals surface area contributed by atoms with E-state index in [9.17, 15) is 13.2 Å². The molecule has 1 amide bonds. The Morgan fingerprint density at radius 3 is 2.20 bits per heavy atom. The van der Waals surface area contributed by atoms with Crippen molar-refractivity contribution in [3.05, 3.63) is 23.8 Å². The average molecular weight is 299 g/mol. The molecule has 20 heavy (non-hydrogen) atoms. The lowest BCUT2D eigenvalue weighted by atomic mass is 10.1. The van der Waals surface area contributed by atoms with Crippen molar-refractivity contribution in [2.24, 2.45) is 5.14 Å². The number of piperazine rings is 1. The largest absolute Gasteiger partial charge is 0.399 e. The van der Waals surface area contributed by atoms with Crippen LogP contribution in [0.2, 0.25) is 0 Å². The zero-order valence-corrected chi connectivity index (χ0v) is 11.6. The molecule has 0 saturated carbocycles. The van der Waals surface area contributed by atoms with Gasteiger partial charge in [0.25, 0.3) is 16.1 Å². The predicted molar refractivity (Wildman–Crippen MR) is 75.9 cm³/mol. The van der Waals surface area contributed by atoms with Crippen LogP contribution in [-0.4, -0.2) is 49.7 Å². The molecule has 8 nitrogen and oxygen atoms in total. The minimum absolute atomic E-state index is 0.180. The monoisotopic (exact) mass is 299 g/mol. The van der Waals surface area contributed by atoms with E-state index in [1.54, 1.807) is 17.0 Å². The lowest BCUT2D eigenvalue weighted by Gasteiger charge is -2.33. The van der Waals surface area contributed by atoms with Crippen LogP contribution < -0.4 is 16.6 Å². The summed E-state index contributed by atoms with van der Waals surface area (Å²) in [4.78, 5) is 13.8. The number of benzene rings is 1. The molecule has 0 atom stereocenters. The molecule has 1 fully saturated rings. The molecule has 110 valence electrons. The molecule has 1 aromatic carbocycles. The molecular formula is C11H17N5O3S. The summed E-state index contributed by atoms with van der Waals surface area (Å²) in [7, 11) is -3.70. The topological polar surface area (TPSA) is 136 Å². The van der Waals surface area contributed by atoms with E-state index in [1.165, 1.54) is 6.07 Å². The molecule has 1 heterocycles. The fourth-order valence-electron chi connectivity index (χ4n) is 2.09. The van der Waals surface area contributed by atoms with E-state index in [0.29, 0.717) is 16.9 Å². The Labute approximate surface area is 117 Å². The maximum absolute atomic E-state index is 12.3. The van der Waals surface area contributed by atoms with Crippen LogP contribution in [0.5, 0.6) is 0 Å². The maximum atomic E-state index is 12.3. The SMILES string of the molecule is Nc1ccc(C(=O)N2CCN(S(N)(=O)=O)CC2)c(N)c1. The molecular weight excluding hydrogens is 282 g/mol. The molecule has 9 heteroatoms. The first-order valence-corrected chi connectivity index (χ1v) is 7.51. The van der Waals surface area contributed by atoms with Gasteiger partial charge in [-0.2, -0.15) is 12.7 Å². The van der Waals surface area contributed by atoms with Gasteiger partial charge in [-0.1, -0.05) is 0 Å². The van der Waals surface area contributed by atoms with Gasteiger partial charge in [-0.05, 0) is 18.2 Å². The van der Waals surface area contributed by atoms with E-state index in [2.05, 4.69) is 0 Å². The van der Waals surface area contributed by atoms with Crippen molar-refractivity contribution in [1.82, 2.24) is 9.21 Å². The van der Waals surface area contributed by atoms with Crippen molar-refractivity contribution in [3.8, 4) is 0 Å². The van der Waals surface area contributed by atoms with Crippen molar-refractivity contribution in [2.75, 3.05) is 37.6 Å². The van der Waals surface area contributed by atoms with Gasteiger partial charge in [-0.15, -0.1) is 0 Å². The number of amides is 1. The van der Waals surface area contributed by atoms with E-state index in [0.717, 1.165) is 4.31 Å². The van der Waals surface area contributed by atoms with Gasteiger partial charge >= 0.3 is 0 Å². The number of nitrogen functional groups attached to an aromatic ring is 2. The quantitative estimate of drug-likeness (QED) is 0.590. The highest BCUT2D eigenvalue weighted by Crippen LogP contribution is 2.18. The molecule has 1 aliphatic rings. The third-order valence-electron chi connectivity index (χ3n) is 3.19. The number of hydrogen-bond acceptors (Lipinski definition) is 5. The standard InChI is InChI=1S/C11H17N5O3S/c12-8-1-2-9(10(13)7-8)11(17)15-3-5-16(6-4-15)20(14,18)19/h1-2,7H,3-6,12-13H2,(H2,14,18,19). The zero-order valence-electron chi connectivity index (χ0n) is 10.8. The van der Waals surface area contributed by atoms with Gasteiger partial charge in [0, 0.05) is 37.6 Å². The van der Waals surface area contributed by atoms with Crippen molar-refractivity contribution in [1.29, 1.82) is 0 Å². The van der Waals surface area contributed by atoms with Crippen molar-refractivity contribution < 1.29 is 13.2 Å². The summed E-state index contributed by atoms with van der Waals surface area (Å²) in [6.07, 6.45) is 0. The number of hydrogen-bond donors (Lipinski definition) is 3. The van der Waals surface area contributed by atoms with Gasteiger partial charge < -0.3 is 16.4 Å². The summed E-state index contributed by atoms with van der Waals surface area (Å²) in [6, 6.07) is 4.69. The summed E-state index contributed by atoms with van der Waals surface area (Å²) in [6.45, 7) is 0.914. The first-order valence-electron chi connectivity index (χ1n) is 6.01. The third-order valence-corrected chi connectivity index (χ3v) is 4.28. The van der Waals surface area contributed by atoms with E-state index in [-0.39, 0.29) is 32.1 Å². The number of anilines is 2. The number of nitrogens with zero attached hydrogens (tertiary/aromatic N) is 2. The summed E-state index contributed by atoms with van der Waals surface area (Å²) in [5.41, 5.74) is 12.5. The van der Waals surface area contributed by atoms with Gasteiger partial charge in [0.1, 0.15) is 0 Å². The second-order valence-electron chi connectivity index (χ2n) is 4.58. The van der Waals surface area contributed by atoms with Crippen LogP contribution >= 0.6 is 0 Å². The highest BCUT2D eigenvalue weighted by atomic mass is 32.2. The van der Waals surface area contributed by atoms with Crippen LogP contribution in [0, 0.1) is 0 Å². The van der Waals surface area contributed by atoms with Gasteiger partial charge in [0.05, 0.1) is 5.56 Å². The van der Waals surface area contributed by atoms with Crippen LogP contribution in [0.25, 0.3) is 0 Å². The summed E-state index contributed by atoms with van der Waals surface area (Å²) >= 11 is 0. The molecule has 2 rings (SSSR count). The second-order valence-corrected chi connectivity index (χ2v) is 6.13. The Morgan fingerprint density at radius 2 is 1.70 bits per heavy atom. The molecule has 0 radical (unpaired) electrons. The highest BCUT2D eigenvalue weighted by Gasteiger charge is 2.27. The molecule has 6 N–H and O–H groups in total. The summed E-state index contributed by atoms with van der Waals surface area (Å²) < 4.78 is 23.5. The van der Waals surface area contributed by atoms with Crippen molar-refractivity contribution >= 4 is 27.5 Å². The minimum atomic E-state index is -3.70. The van der Waals surface area contributed by atoms with E-state index in [1.807, 2.05) is 0 Å². The van der Waals surface area contributed by atoms with E-state index < -0.39 is 10.2 Å². The minimum Gasteiger partial charge on any atom is -0.399 e. The normalized spacial score (nSPS) is 17.1. The smallest absolute Gasteiger partial charge is 0.277 e. The average Bonchev–Trinajstić information content (AvgIpc) is 2.37. The first kappa shape index (κ1) is 14.6. The summed E-state index contributed by atoms with van der Waals surface area (Å²) in [5.74, 6) is -0.239. The predicted octanol–water partition coefficient (Wildman–Crippen LogP) is -1.19. The molecule has 0 aliphatic carbocycles. The van der Waals surface area contributed by atoms with Crippen LogP contribution in [-0.2, 0) is 10.2 Å². The molecule has 0 aromatic heterocycles. The van der Waals surface area contributed by atoms with Crippen LogP contribution in [0.3, 0.4) is 0 Å². The van der Waals surface area contributed by atoms with Gasteiger partial charge in [0.15, 0.2) is 0 Å². The van der Waals surface area contributed by atoms with Crippen molar-refractivity contribution in [2.45, 2.75) is 0 Å². The number of rotatable bonds is 2. The third kappa shape index (κ3) is 3.00. The van der Waals surface area contributed by atoms with Gasteiger partial charge in [-0.3, -0.25) is 4.79 Å². The highest BCUT2D eigenvalue weighted by molar-refractivity contribution is 7.86.